The summed E-state index contributed by atoms with van der Waals surface area (Å²) in [4.78, 5) is 19.8. The zero-order valence-corrected chi connectivity index (χ0v) is 12.0. The predicted molar refractivity (Wildman–Crippen MR) is 81.2 cm³/mol. The van der Waals surface area contributed by atoms with Gasteiger partial charge in [-0.25, -0.2) is 4.79 Å². The molecule has 0 aromatic rings. The van der Waals surface area contributed by atoms with E-state index >= 15 is 0 Å². The van der Waals surface area contributed by atoms with Crippen LogP contribution in [0.4, 0.5) is 0 Å². The fraction of sp³-hybridized carbons (Fsp3) is 0.714. The Kier molecular flexibility index (Phi) is 15.5. The Bertz CT molecular complexity index is 268. The fourth-order valence-corrected chi connectivity index (χ4v) is 1.11. The molecule has 0 aliphatic heterocycles. The molecule has 0 unspecified atom stereocenters. The Hall–Kier alpha value is -0.554. The largest absolute Gasteiger partial charge is 0.481 e. The summed E-state index contributed by atoms with van der Waals surface area (Å²) in [6.45, 7) is 11.2. The van der Waals surface area contributed by atoms with Gasteiger partial charge in [0.25, 0.3) is 0 Å². The molecule has 2 N–H and O–H groups in total. The van der Waals surface area contributed by atoms with Gasteiger partial charge in [0.15, 0.2) is 0 Å². The summed E-state index contributed by atoms with van der Waals surface area (Å²) in [5, 5.41) is 16.3. The van der Waals surface area contributed by atoms with Crippen LogP contribution in [-0.4, -0.2) is 45.2 Å². The number of carboxylic acids is 2. The van der Waals surface area contributed by atoms with Gasteiger partial charge in [-0.3, -0.25) is 4.79 Å². The average molecular weight is 285 g/mol. The van der Waals surface area contributed by atoms with Crippen molar-refractivity contribution in [2.75, 3.05) is 0 Å². The third-order valence-corrected chi connectivity index (χ3v) is 2.18. The highest BCUT2D eigenvalue weighted by atomic mass is 24.3. The zero-order valence-electron chi connectivity index (χ0n) is 12.0. The van der Waals surface area contributed by atoms with Crippen LogP contribution < -0.4 is 0 Å². The molecule has 5 heteroatoms. The van der Waals surface area contributed by atoms with Crippen LogP contribution in [0.15, 0.2) is 12.2 Å². The molecule has 0 saturated carbocycles. The first-order chi connectivity index (χ1) is 8.06. The minimum atomic E-state index is -0.935. The molecule has 4 nitrogen and oxygen atoms in total. The minimum Gasteiger partial charge on any atom is -0.481 e. The van der Waals surface area contributed by atoms with E-state index in [4.69, 9.17) is 10.2 Å². The van der Waals surface area contributed by atoms with Gasteiger partial charge in [-0.15, -0.1) is 0 Å². The minimum absolute atomic E-state index is 0. The topological polar surface area (TPSA) is 74.6 Å². The van der Waals surface area contributed by atoms with E-state index in [0.717, 1.165) is 19.3 Å². The zero-order chi connectivity index (χ0) is 14.8. The van der Waals surface area contributed by atoms with Crippen molar-refractivity contribution in [3.8, 4) is 0 Å². The summed E-state index contributed by atoms with van der Waals surface area (Å²) < 4.78 is 0. The summed E-state index contributed by atoms with van der Waals surface area (Å²) in [7, 11) is 0. The number of hydrogen-bond donors (Lipinski definition) is 2. The van der Waals surface area contributed by atoms with Gasteiger partial charge in [0.1, 0.15) is 0 Å². The van der Waals surface area contributed by atoms with Gasteiger partial charge >= 0.3 is 35.0 Å². The average Bonchev–Trinajstić information content (AvgIpc) is 2.15. The van der Waals surface area contributed by atoms with Gasteiger partial charge in [0.05, 0.1) is 0 Å². The van der Waals surface area contributed by atoms with Crippen LogP contribution in [0.25, 0.3) is 0 Å². The molecule has 0 saturated heterocycles. The quantitative estimate of drug-likeness (QED) is 0.447. The van der Waals surface area contributed by atoms with Gasteiger partial charge in [0.2, 0.25) is 0 Å². The van der Waals surface area contributed by atoms with Crippen LogP contribution >= 0.6 is 0 Å². The lowest BCUT2D eigenvalue weighted by Crippen LogP contribution is -2.04. The molecule has 0 aliphatic rings. The van der Waals surface area contributed by atoms with Crippen LogP contribution in [0, 0.1) is 5.41 Å². The van der Waals surface area contributed by atoms with Crippen molar-refractivity contribution in [3.63, 3.8) is 0 Å². The predicted octanol–water partition coefficient (Wildman–Crippen LogP) is 2.80. The Labute approximate surface area is 132 Å². The number of carbonyl (C=O) groups is 2. The van der Waals surface area contributed by atoms with E-state index in [9.17, 15) is 9.59 Å². The highest BCUT2D eigenvalue weighted by molar-refractivity contribution is 5.84. The molecule has 0 radical (unpaired) electrons. The molecule has 0 bridgehead atoms. The van der Waals surface area contributed by atoms with Crippen LogP contribution in [-0.2, 0) is 9.59 Å². The van der Waals surface area contributed by atoms with Crippen LogP contribution in [0.3, 0.4) is 0 Å². The maximum absolute atomic E-state index is 10.2. The molecular formula is C14H28MgO4. The number of aliphatic carboxylic acids is 2. The monoisotopic (exact) mass is 284 g/mol. The second-order valence-electron chi connectivity index (χ2n) is 5.60. The van der Waals surface area contributed by atoms with Crippen molar-refractivity contribution < 1.29 is 19.8 Å². The van der Waals surface area contributed by atoms with E-state index in [1.165, 1.54) is 13.3 Å². The maximum atomic E-state index is 10.2. The van der Waals surface area contributed by atoms with Crippen molar-refractivity contribution in [1.82, 2.24) is 0 Å². The van der Waals surface area contributed by atoms with Crippen molar-refractivity contribution in [2.24, 2.45) is 5.41 Å². The van der Waals surface area contributed by atoms with E-state index in [-0.39, 0.29) is 28.6 Å². The first kappa shape index (κ1) is 23.5. The first-order valence-corrected chi connectivity index (χ1v) is 6.17. The molecule has 0 atom stereocenters. The van der Waals surface area contributed by atoms with Crippen molar-refractivity contribution in [1.29, 1.82) is 0 Å². The number of unbranched alkanes of at least 4 members (excludes halogenated alkanes) is 2. The fourth-order valence-electron chi connectivity index (χ4n) is 1.11. The molecule has 0 aromatic heterocycles. The Morgan fingerprint density at radius 1 is 1.05 bits per heavy atom. The molecule has 0 rings (SSSR count). The molecule has 19 heavy (non-hydrogen) atoms. The third kappa shape index (κ3) is 26.9. The normalized spacial score (nSPS) is 9.68. The highest BCUT2D eigenvalue weighted by Crippen LogP contribution is 2.22. The number of rotatable bonds is 6. The number of hydrogen-bond acceptors (Lipinski definition) is 2. The van der Waals surface area contributed by atoms with Crippen molar-refractivity contribution >= 4 is 35.0 Å². The molecule has 0 heterocycles. The summed E-state index contributed by atoms with van der Waals surface area (Å²) in [5.74, 6) is -1.61. The van der Waals surface area contributed by atoms with Crippen LogP contribution in [0.2, 0.25) is 0 Å². The lowest BCUT2D eigenvalue weighted by Gasteiger charge is -2.17. The maximum Gasteiger partial charge on any atom is 0.330 e. The van der Waals surface area contributed by atoms with Crippen LogP contribution in [0.1, 0.15) is 59.8 Å². The molecule has 0 amide bonds. The smallest absolute Gasteiger partial charge is 0.330 e. The van der Waals surface area contributed by atoms with Gasteiger partial charge in [-0.05, 0) is 25.2 Å². The lowest BCUT2D eigenvalue weighted by molar-refractivity contribution is -0.137. The SMILES string of the molecule is C=C(C)C(=O)O.CC(C)(C)CCCCCC(=O)O.[MgH2]. The molecule has 0 aromatic carbocycles. The summed E-state index contributed by atoms with van der Waals surface area (Å²) >= 11 is 0. The van der Waals surface area contributed by atoms with E-state index in [1.54, 1.807) is 0 Å². The van der Waals surface area contributed by atoms with Gasteiger partial charge < -0.3 is 10.2 Å². The molecule has 0 fully saturated rings. The summed E-state index contributed by atoms with van der Waals surface area (Å²) in [5.41, 5.74) is 0.568. The van der Waals surface area contributed by atoms with Crippen LogP contribution in [0.5, 0.6) is 0 Å². The molecule has 0 spiro atoms. The second-order valence-corrected chi connectivity index (χ2v) is 5.60. The van der Waals surface area contributed by atoms with Gasteiger partial charge in [-0.1, -0.05) is 40.2 Å². The van der Waals surface area contributed by atoms with Gasteiger partial charge in [0, 0.05) is 12.0 Å². The lowest BCUT2D eigenvalue weighted by atomic mass is 9.89. The van der Waals surface area contributed by atoms with Gasteiger partial charge in [-0.2, -0.15) is 0 Å². The highest BCUT2D eigenvalue weighted by Gasteiger charge is 2.08. The number of carboxylic acid groups (broad SMARTS) is 2. The standard InChI is InChI=1S/C10H20O2.C4H6O2.Mg.2H/c1-10(2,3)8-6-4-5-7-9(11)12;1-3(2)4(5)6;;;/h4-8H2,1-3H3,(H,11,12);1H2,2H3,(H,5,6);;;. The van der Waals surface area contributed by atoms with E-state index in [2.05, 4.69) is 27.4 Å². The Morgan fingerprint density at radius 2 is 1.47 bits per heavy atom. The van der Waals surface area contributed by atoms with E-state index in [1.807, 2.05) is 0 Å². The molecule has 110 valence electrons. The van der Waals surface area contributed by atoms with Crippen molar-refractivity contribution in [2.45, 2.75) is 59.8 Å². The second kappa shape index (κ2) is 12.5. The van der Waals surface area contributed by atoms with E-state index in [0.29, 0.717) is 11.8 Å². The Balaban J connectivity index is -0.000000313. The Morgan fingerprint density at radius 3 is 1.74 bits per heavy atom. The third-order valence-electron chi connectivity index (χ3n) is 2.18. The molecular weight excluding hydrogens is 256 g/mol. The summed E-state index contributed by atoms with van der Waals surface area (Å²) in [6.07, 6.45) is 4.53. The molecule has 0 aliphatic carbocycles. The van der Waals surface area contributed by atoms with Crippen molar-refractivity contribution in [3.05, 3.63) is 12.2 Å². The first-order valence-electron chi connectivity index (χ1n) is 6.17. The van der Waals surface area contributed by atoms with E-state index < -0.39 is 11.9 Å². The summed E-state index contributed by atoms with van der Waals surface area (Å²) in [6, 6.07) is 0.